The van der Waals surface area contributed by atoms with E-state index in [-0.39, 0.29) is 14.9 Å². The standard InChI is InChI=1S/C3H6O2.2CH4.4CH3.2Ga/c4-2-1-3-5;;;;;;;;/h1-3H2;2*1H4;4*1H3;;/q-2;;;;;;;2*+1. The minimum atomic E-state index is -1.18. The summed E-state index contributed by atoms with van der Waals surface area (Å²) < 4.78 is 11.1. The molecule has 0 aromatic rings. The van der Waals surface area contributed by atoms with Gasteiger partial charge in [-0.1, -0.05) is 14.9 Å². The van der Waals surface area contributed by atoms with Gasteiger partial charge in [-0.05, 0) is 0 Å². The van der Waals surface area contributed by atoms with Gasteiger partial charge < -0.3 is 0 Å². The molecule has 0 aliphatic carbocycles. The van der Waals surface area contributed by atoms with Gasteiger partial charge in [-0.15, -0.1) is 0 Å². The van der Waals surface area contributed by atoms with Crippen molar-refractivity contribution in [1.29, 1.82) is 0 Å². The fourth-order valence-corrected chi connectivity index (χ4v) is 3.37. The Labute approximate surface area is 96.3 Å². The summed E-state index contributed by atoms with van der Waals surface area (Å²) in [7, 11) is 0. The molecule has 0 saturated heterocycles. The Morgan fingerprint density at radius 1 is 0.769 bits per heavy atom. The van der Waals surface area contributed by atoms with Crippen molar-refractivity contribution in [2.24, 2.45) is 0 Å². The molecule has 0 radical (unpaired) electrons. The number of rotatable bonds is 6. The normalized spacial score (nSPS) is 8.31. The fourth-order valence-electron chi connectivity index (χ4n) is 0.697. The molecule has 0 aromatic heterocycles. The molecule has 0 spiro atoms. The number of hydrogen-bond acceptors (Lipinski definition) is 2. The zero-order valence-electron chi connectivity index (χ0n) is 8.09. The van der Waals surface area contributed by atoms with Crippen molar-refractivity contribution in [3.63, 3.8) is 0 Å². The van der Waals surface area contributed by atoms with Crippen molar-refractivity contribution in [2.75, 3.05) is 13.2 Å². The zero-order valence-corrected chi connectivity index (χ0v) is 12.9. The molecule has 0 amide bonds. The van der Waals surface area contributed by atoms with Crippen molar-refractivity contribution < 1.29 is 7.06 Å². The Balaban J connectivity index is -0.000000500. The van der Waals surface area contributed by atoms with Crippen LogP contribution in [0.3, 0.4) is 0 Å². The van der Waals surface area contributed by atoms with Crippen LogP contribution in [0.2, 0.25) is 21.9 Å². The summed E-state index contributed by atoms with van der Waals surface area (Å²) in [5.74, 6) is 0. The Kier molecular flexibility index (Phi) is 20.0. The Morgan fingerprint density at radius 2 is 1.08 bits per heavy atom. The molecule has 0 aliphatic heterocycles. The molecule has 0 saturated carbocycles. The predicted octanol–water partition coefficient (Wildman–Crippen LogP) is 3.18. The van der Waals surface area contributed by atoms with Crippen molar-refractivity contribution >= 4 is 33.2 Å². The first-order chi connectivity index (χ1) is 5.13. The third-order valence-electron chi connectivity index (χ3n) is 1.19. The van der Waals surface area contributed by atoms with Gasteiger partial charge in [0.25, 0.3) is 0 Å². The van der Waals surface area contributed by atoms with E-state index in [1.807, 2.05) is 0 Å². The summed E-state index contributed by atoms with van der Waals surface area (Å²) in [5.41, 5.74) is 8.98. The average Bonchev–Trinajstić information content (AvgIpc) is 1.85. The fraction of sp³-hybridized carbons (Fsp3) is 1.00. The maximum absolute atomic E-state index is 5.55. The van der Waals surface area contributed by atoms with Crippen molar-refractivity contribution in [3.8, 4) is 0 Å². The van der Waals surface area contributed by atoms with E-state index in [0.29, 0.717) is 0 Å². The summed E-state index contributed by atoms with van der Waals surface area (Å²) in [5, 5.41) is 0. The predicted molar refractivity (Wildman–Crippen MR) is 64.9 cm³/mol. The van der Waals surface area contributed by atoms with Gasteiger partial charge in [-0.3, -0.25) is 0 Å². The molecule has 0 atom stereocenters. The average molecular weight is 306 g/mol. The van der Waals surface area contributed by atoms with Crippen molar-refractivity contribution in [3.05, 3.63) is 0 Å². The molecule has 0 unspecified atom stereocenters. The topological polar surface area (TPSA) is 18.5 Å². The molecule has 0 N–H and O–H groups in total. The van der Waals surface area contributed by atoms with Crippen LogP contribution in [0.5, 0.6) is 0 Å². The van der Waals surface area contributed by atoms with Gasteiger partial charge in [0.15, 0.2) is 0 Å². The summed E-state index contributed by atoms with van der Waals surface area (Å²) in [6, 6.07) is 0. The minimum absolute atomic E-state index is 0. The van der Waals surface area contributed by atoms with E-state index in [2.05, 4.69) is 21.9 Å². The van der Waals surface area contributed by atoms with Crippen LogP contribution in [-0.4, -0.2) is 46.4 Å². The van der Waals surface area contributed by atoms with Crippen LogP contribution in [0.15, 0.2) is 0 Å². The first kappa shape index (κ1) is 19.7. The third-order valence-corrected chi connectivity index (χ3v) is 4.98. The van der Waals surface area contributed by atoms with E-state index < -0.39 is 33.2 Å². The van der Waals surface area contributed by atoms with Crippen LogP contribution in [0.1, 0.15) is 21.3 Å². The van der Waals surface area contributed by atoms with Crippen LogP contribution < -0.4 is 0 Å². The molecule has 0 heterocycles. The third kappa shape index (κ3) is 19.6. The molecular weight excluding hydrogens is 280 g/mol. The monoisotopic (exact) mass is 304 g/mol. The van der Waals surface area contributed by atoms with Gasteiger partial charge in [0.2, 0.25) is 0 Å². The Bertz CT molecular complexity index is 77.7. The molecule has 0 aromatic carbocycles. The van der Waals surface area contributed by atoms with Gasteiger partial charge in [0.05, 0.1) is 0 Å². The molecular formula is C9H26Ga2O2. The molecule has 2 nitrogen and oxygen atoms in total. The first-order valence-corrected chi connectivity index (χ1v) is 16.0. The van der Waals surface area contributed by atoms with Crippen LogP contribution in [0, 0.1) is 0 Å². The number of hydrogen-bond donors (Lipinski definition) is 0. The summed E-state index contributed by atoms with van der Waals surface area (Å²) in [4.78, 5) is 0. The van der Waals surface area contributed by atoms with Crippen LogP contribution in [0.4, 0.5) is 0 Å². The van der Waals surface area contributed by atoms with Crippen LogP contribution in [-0.2, 0) is 7.06 Å². The van der Waals surface area contributed by atoms with E-state index in [1.165, 1.54) is 0 Å². The van der Waals surface area contributed by atoms with Gasteiger partial charge in [-0.2, -0.15) is 0 Å². The van der Waals surface area contributed by atoms with E-state index in [1.54, 1.807) is 0 Å². The van der Waals surface area contributed by atoms with Crippen LogP contribution in [0.25, 0.3) is 0 Å². The maximum atomic E-state index is 5.55. The Hall–Kier alpha value is 1.19. The second kappa shape index (κ2) is 13.2. The zero-order chi connectivity index (χ0) is 8.69. The van der Waals surface area contributed by atoms with Gasteiger partial charge in [-0.25, -0.2) is 0 Å². The van der Waals surface area contributed by atoms with Gasteiger partial charge >= 0.3 is 81.8 Å². The molecule has 0 rings (SSSR count). The summed E-state index contributed by atoms with van der Waals surface area (Å²) >= 11 is -2.35. The summed E-state index contributed by atoms with van der Waals surface area (Å²) in [6.45, 7) is 1.85. The molecule has 13 heavy (non-hydrogen) atoms. The van der Waals surface area contributed by atoms with Crippen LogP contribution >= 0.6 is 0 Å². The van der Waals surface area contributed by atoms with E-state index >= 15 is 0 Å². The van der Waals surface area contributed by atoms with Gasteiger partial charge in [0, 0.05) is 0 Å². The SMILES string of the molecule is C.C.[CH3][Ga]([CH3])[O]CCC[O][Ga]([CH3])[CH3]. The van der Waals surface area contributed by atoms with E-state index in [9.17, 15) is 0 Å². The van der Waals surface area contributed by atoms with Crippen molar-refractivity contribution in [1.82, 2.24) is 0 Å². The Morgan fingerprint density at radius 3 is 1.31 bits per heavy atom. The second-order valence-electron chi connectivity index (χ2n) is 3.19. The van der Waals surface area contributed by atoms with E-state index in [0.717, 1.165) is 19.6 Å². The summed E-state index contributed by atoms with van der Waals surface area (Å²) in [6.07, 6.45) is 1.09. The first-order valence-electron chi connectivity index (χ1n) is 4.36. The second-order valence-corrected chi connectivity index (χ2v) is 13.4. The molecule has 80 valence electrons. The van der Waals surface area contributed by atoms with E-state index in [4.69, 9.17) is 7.06 Å². The molecule has 0 aliphatic rings. The molecule has 0 bridgehead atoms. The molecule has 0 fully saturated rings. The quantitative estimate of drug-likeness (QED) is 0.554. The van der Waals surface area contributed by atoms with Crippen molar-refractivity contribution in [2.45, 2.75) is 43.2 Å². The molecule has 4 heteroatoms. The van der Waals surface area contributed by atoms with Gasteiger partial charge in [0.1, 0.15) is 0 Å².